The van der Waals surface area contributed by atoms with Crippen molar-refractivity contribution in [2.45, 2.75) is 25.1 Å². The minimum Gasteiger partial charge on any atom is -0.329 e. The van der Waals surface area contributed by atoms with Gasteiger partial charge in [0.2, 0.25) is 0 Å². The molecule has 2 atom stereocenters. The van der Waals surface area contributed by atoms with Gasteiger partial charge in [0.05, 0.1) is 6.04 Å². The second kappa shape index (κ2) is 7.08. The smallest absolute Gasteiger partial charge is 0.254 e. The molecule has 3 rings (SSSR count). The molecule has 0 aromatic heterocycles. The van der Waals surface area contributed by atoms with Crippen LogP contribution in [0.3, 0.4) is 0 Å². The summed E-state index contributed by atoms with van der Waals surface area (Å²) in [6.45, 7) is 0.459. The fraction of sp³-hybridized carbons (Fsp3) is 0.333. The fourth-order valence-electron chi connectivity index (χ4n) is 2.76. The summed E-state index contributed by atoms with van der Waals surface area (Å²) in [5.41, 5.74) is 0.322. The highest BCUT2D eigenvalue weighted by molar-refractivity contribution is 6.67. The Balaban J connectivity index is 1.87. The van der Waals surface area contributed by atoms with Crippen LogP contribution in [0, 0.1) is 5.92 Å². The fourth-order valence-corrected chi connectivity index (χ4v) is 3.05. The Bertz CT molecular complexity index is 710. The van der Waals surface area contributed by atoms with Gasteiger partial charge >= 0.3 is 0 Å². The third-order valence-electron chi connectivity index (χ3n) is 4.27. The Morgan fingerprint density at radius 2 is 1.88 bits per heavy atom. The molecule has 1 aromatic rings. The molecular weight excluding hydrogens is 352 g/mol. The molecule has 1 amide bonds. The molecule has 0 saturated heterocycles. The summed E-state index contributed by atoms with van der Waals surface area (Å²) in [6, 6.07) is 5.65. The summed E-state index contributed by atoms with van der Waals surface area (Å²) in [4.78, 5) is 25.8. The first-order valence-corrected chi connectivity index (χ1v) is 8.52. The number of amides is 1. The van der Waals surface area contributed by atoms with Crippen LogP contribution in [0.1, 0.15) is 23.2 Å². The second-order valence-electron chi connectivity index (χ2n) is 6.08. The molecule has 0 radical (unpaired) electrons. The zero-order valence-electron chi connectivity index (χ0n) is 12.8. The third kappa shape index (κ3) is 3.70. The van der Waals surface area contributed by atoms with Crippen LogP contribution in [0.15, 0.2) is 48.1 Å². The van der Waals surface area contributed by atoms with Crippen molar-refractivity contribution in [2.75, 3.05) is 6.54 Å². The molecule has 3 nitrogen and oxygen atoms in total. The van der Waals surface area contributed by atoms with E-state index in [1.54, 1.807) is 36.4 Å². The van der Waals surface area contributed by atoms with Gasteiger partial charge in [0.1, 0.15) is 0 Å². The Morgan fingerprint density at radius 3 is 2.46 bits per heavy atom. The maximum atomic E-state index is 14.8. The zero-order valence-corrected chi connectivity index (χ0v) is 14.3. The van der Waals surface area contributed by atoms with E-state index in [1.165, 1.54) is 11.0 Å². The molecular formula is C18H16Cl2FNO2. The van der Waals surface area contributed by atoms with Gasteiger partial charge in [0.15, 0.2) is 6.17 Å². The van der Waals surface area contributed by atoms with E-state index in [9.17, 15) is 14.0 Å². The van der Waals surface area contributed by atoms with Crippen LogP contribution in [0.25, 0.3) is 0 Å². The number of hydrogen-bond acceptors (Lipinski definition) is 2. The van der Waals surface area contributed by atoms with Crippen LogP contribution in [0.4, 0.5) is 4.39 Å². The van der Waals surface area contributed by atoms with Gasteiger partial charge in [-0.15, -0.1) is 0 Å². The van der Waals surface area contributed by atoms with Crippen LogP contribution < -0.4 is 0 Å². The zero-order chi connectivity index (χ0) is 17.3. The van der Waals surface area contributed by atoms with Crippen LogP contribution in [0.5, 0.6) is 0 Å². The SMILES string of the molecule is O=C(Cl)C1=CC=CC(N(CC2CC2)C(=O)c2ccc(Cl)cc2)C1F. The molecule has 0 spiro atoms. The largest absolute Gasteiger partial charge is 0.329 e. The minimum absolute atomic E-state index is 0.117. The number of halogens is 3. The van der Waals surface area contributed by atoms with Gasteiger partial charge in [0.25, 0.3) is 11.1 Å². The van der Waals surface area contributed by atoms with Gasteiger partial charge < -0.3 is 4.90 Å². The maximum Gasteiger partial charge on any atom is 0.254 e. The van der Waals surface area contributed by atoms with Crippen molar-refractivity contribution in [1.82, 2.24) is 4.90 Å². The van der Waals surface area contributed by atoms with Gasteiger partial charge in [-0.3, -0.25) is 9.59 Å². The van der Waals surface area contributed by atoms with E-state index in [4.69, 9.17) is 23.2 Å². The Hall–Kier alpha value is -1.65. The lowest BCUT2D eigenvalue weighted by atomic mass is 9.96. The third-order valence-corrected chi connectivity index (χ3v) is 4.74. The highest BCUT2D eigenvalue weighted by Crippen LogP contribution is 2.33. The minimum atomic E-state index is -1.63. The summed E-state index contributed by atoms with van der Waals surface area (Å²) in [7, 11) is 0. The molecule has 1 aromatic carbocycles. The van der Waals surface area contributed by atoms with Crippen molar-refractivity contribution in [3.05, 3.63) is 58.7 Å². The predicted molar refractivity (Wildman–Crippen MR) is 92.0 cm³/mol. The molecule has 0 heterocycles. The van der Waals surface area contributed by atoms with Gasteiger partial charge in [-0.2, -0.15) is 0 Å². The Labute approximate surface area is 149 Å². The van der Waals surface area contributed by atoms with Gasteiger partial charge in [-0.25, -0.2) is 4.39 Å². The highest BCUT2D eigenvalue weighted by atomic mass is 35.5. The quantitative estimate of drug-likeness (QED) is 0.732. The van der Waals surface area contributed by atoms with Gasteiger partial charge in [-0.05, 0) is 54.6 Å². The first-order valence-electron chi connectivity index (χ1n) is 7.76. The van der Waals surface area contributed by atoms with Crippen molar-refractivity contribution < 1.29 is 14.0 Å². The van der Waals surface area contributed by atoms with E-state index in [0.717, 1.165) is 12.8 Å². The topological polar surface area (TPSA) is 37.4 Å². The second-order valence-corrected chi connectivity index (χ2v) is 6.86. The summed E-state index contributed by atoms with van der Waals surface area (Å²) in [5.74, 6) is 0.0991. The van der Waals surface area contributed by atoms with Crippen LogP contribution in [-0.2, 0) is 4.79 Å². The number of alkyl halides is 1. The molecule has 2 unspecified atom stereocenters. The molecule has 2 aliphatic rings. The van der Waals surface area contributed by atoms with Crippen molar-refractivity contribution in [2.24, 2.45) is 5.92 Å². The predicted octanol–water partition coefficient (Wildman–Crippen LogP) is 4.16. The maximum absolute atomic E-state index is 14.8. The Kier molecular flexibility index (Phi) is 5.07. The lowest BCUT2D eigenvalue weighted by molar-refractivity contribution is -0.109. The molecule has 126 valence electrons. The van der Waals surface area contributed by atoms with Gasteiger partial charge in [0, 0.05) is 22.7 Å². The summed E-state index contributed by atoms with van der Waals surface area (Å²) < 4.78 is 14.8. The summed E-state index contributed by atoms with van der Waals surface area (Å²) in [5, 5.41) is -0.304. The molecule has 1 fully saturated rings. The molecule has 0 aliphatic heterocycles. The Morgan fingerprint density at radius 1 is 1.21 bits per heavy atom. The van der Waals surface area contributed by atoms with Crippen molar-refractivity contribution in [3.8, 4) is 0 Å². The summed E-state index contributed by atoms with van der Waals surface area (Å²) >= 11 is 11.3. The molecule has 24 heavy (non-hydrogen) atoms. The highest BCUT2D eigenvalue weighted by Gasteiger charge is 2.38. The lowest BCUT2D eigenvalue weighted by Gasteiger charge is -2.34. The van der Waals surface area contributed by atoms with E-state index in [0.29, 0.717) is 23.0 Å². The summed E-state index contributed by atoms with van der Waals surface area (Å²) in [6.07, 6.45) is 4.95. The van der Waals surface area contributed by atoms with E-state index in [-0.39, 0.29) is 11.5 Å². The number of carbonyl (C=O) groups is 2. The average Bonchev–Trinajstić information content (AvgIpc) is 3.37. The van der Waals surface area contributed by atoms with E-state index >= 15 is 0 Å². The van der Waals surface area contributed by atoms with E-state index < -0.39 is 17.5 Å². The monoisotopic (exact) mass is 367 g/mol. The number of allylic oxidation sites excluding steroid dienone is 2. The number of nitrogens with zero attached hydrogens (tertiary/aromatic N) is 1. The molecule has 6 heteroatoms. The van der Waals surface area contributed by atoms with Crippen LogP contribution in [0.2, 0.25) is 5.02 Å². The number of rotatable bonds is 5. The number of carbonyl (C=O) groups excluding carboxylic acids is 2. The number of hydrogen-bond donors (Lipinski definition) is 0. The standard InChI is InChI=1S/C18H16Cl2FNO2/c19-13-8-6-12(7-9-13)18(24)22(10-11-4-5-11)15-3-1-2-14(16(15)21)17(20)23/h1-3,6-9,11,15-16H,4-5,10H2. The van der Waals surface area contributed by atoms with Gasteiger partial charge in [-0.1, -0.05) is 29.8 Å². The first-order chi connectivity index (χ1) is 11.5. The average molecular weight is 368 g/mol. The molecule has 1 saturated carbocycles. The van der Waals surface area contributed by atoms with Crippen molar-refractivity contribution in [1.29, 1.82) is 0 Å². The molecule has 0 bridgehead atoms. The van der Waals surface area contributed by atoms with E-state index in [2.05, 4.69) is 0 Å². The van der Waals surface area contributed by atoms with E-state index in [1.807, 2.05) is 0 Å². The number of benzene rings is 1. The molecule has 2 aliphatic carbocycles. The normalized spacial score (nSPS) is 22.9. The first kappa shape index (κ1) is 17.2. The lowest BCUT2D eigenvalue weighted by Crippen LogP contribution is -2.47. The van der Waals surface area contributed by atoms with Crippen molar-refractivity contribution >= 4 is 34.4 Å². The van der Waals surface area contributed by atoms with Crippen molar-refractivity contribution in [3.63, 3.8) is 0 Å². The van der Waals surface area contributed by atoms with Crippen LogP contribution >= 0.6 is 23.2 Å². The molecule has 0 N–H and O–H groups in total. The van der Waals surface area contributed by atoms with Crippen LogP contribution in [-0.4, -0.2) is 34.8 Å².